The number of likely N-dealkylation sites (tertiary alicyclic amines) is 1. The van der Waals surface area contributed by atoms with Crippen molar-refractivity contribution in [3.05, 3.63) is 71.8 Å². The largest absolute Gasteiger partial charge is 0.375 e. The lowest BCUT2D eigenvalue weighted by Gasteiger charge is -2.40. The molecule has 2 heterocycles. The third-order valence-electron chi connectivity index (χ3n) is 5.99. The molecule has 2 aliphatic heterocycles. The third-order valence-corrected chi connectivity index (χ3v) is 5.99. The van der Waals surface area contributed by atoms with Crippen molar-refractivity contribution < 1.29 is 14.3 Å². The quantitative estimate of drug-likeness (QED) is 0.740. The Balaban J connectivity index is 1.44. The predicted molar refractivity (Wildman–Crippen MR) is 118 cm³/mol. The molecule has 1 saturated heterocycles. The van der Waals surface area contributed by atoms with E-state index in [0.29, 0.717) is 26.0 Å². The fraction of sp³-hybridized carbons (Fsp3) is 0.375. The summed E-state index contributed by atoms with van der Waals surface area (Å²) in [7, 11) is 1.68. The topological polar surface area (TPSA) is 88.2 Å². The van der Waals surface area contributed by atoms with Crippen LogP contribution in [-0.2, 0) is 27.4 Å². The van der Waals surface area contributed by atoms with Crippen LogP contribution in [-0.4, -0.2) is 60.2 Å². The van der Waals surface area contributed by atoms with Crippen molar-refractivity contribution in [1.82, 2.24) is 9.91 Å². The molecule has 2 aromatic carbocycles. The van der Waals surface area contributed by atoms with Crippen LogP contribution < -0.4 is 5.73 Å². The molecule has 0 aromatic heterocycles. The molecule has 7 heteroatoms. The molecule has 0 radical (unpaired) electrons. The molecule has 0 bridgehead atoms. The molecule has 7 nitrogen and oxygen atoms in total. The highest BCUT2D eigenvalue weighted by atomic mass is 16.5. The molecule has 31 heavy (non-hydrogen) atoms. The van der Waals surface area contributed by atoms with Gasteiger partial charge in [0.05, 0.1) is 18.9 Å². The van der Waals surface area contributed by atoms with Gasteiger partial charge in [-0.3, -0.25) is 9.59 Å². The fourth-order valence-electron chi connectivity index (χ4n) is 4.40. The SMILES string of the molecule is CN1N=C2CCN(C(=O)C(N)COCc3ccccc3)CC2(Cc2ccccc2)C1=O. The number of hydrogen-bond acceptors (Lipinski definition) is 5. The summed E-state index contributed by atoms with van der Waals surface area (Å²) in [5, 5.41) is 5.90. The summed E-state index contributed by atoms with van der Waals surface area (Å²) in [4.78, 5) is 27.9. The second-order valence-corrected chi connectivity index (χ2v) is 8.24. The highest BCUT2D eigenvalue weighted by Gasteiger charge is 2.53. The second-order valence-electron chi connectivity index (χ2n) is 8.24. The van der Waals surface area contributed by atoms with E-state index in [4.69, 9.17) is 10.5 Å². The third kappa shape index (κ3) is 4.38. The molecule has 2 atom stereocenters. The normalized spacial score (nSPS) is 21.6. The van der Waals surface area contributed by atoms with Gasteiger partial charge in [-0.15, -0.1) is 0 Å². The van der Waals surface area contributed by atoms with E-state index in [0.717, 1.165) is 16.8 Å². The number of carbonyl (C=O) groups is 2. The number of benzene rings is 2. The zero-order valence-corrected chi connectivity index (χ0v) is 17.7. The molecule has 0 aliphatic carbocycles. The number of nitrogens with zero attached hydrogens (tertiary/aromatic N) is 3. The highest BCUT2D eigenvalue weighted by molar-refractivity contribution is 6.13. The number of rotatable bonds is 7. The van der Waals surface area contributed by atoms with Gasteiger partial charge in [0, 0.05) is 26.6 Å². The van der Waals surface area contributed by atoms with Gasteiger partial charge >= 0.3 is 0 Å². The van der Waals surface area contributed by atoms with E-state index in [2.05, 4.69) is 5.10 Å². The molecule has 0 spiro atoms. The molecule has 2 amide bonds. The average molecular weight is 421 g/mol. The maximum atomic E-state index is 13.2. The number of hydrazone groups is 1. The summed E-state index contributed by atoms with van der Waals surface area (Å²) in [6, 6.07) is 18.9. The Morgan fingerprint density at radius 2 is 1.77 bits per heavy atom. The van der Waals surface area contributed by atoms with Crippen LogP contribution >= 0.6 is 0 Å². The summed E-state index contributed by atoms with van der Waals surface area (Å²) < 4.78 is 5.67. The first kappa shape index (κ1) is 21.2. The van der Waals surface area contributed by atoms with Gasteiger partial charge in [-0.05, 0) is 17.5 Å². The van der Waals surface area contributed by atoms with E-state index in [1.165, 1.54) is 5.01 Å². The molecule has 2 unspecified atom stereocenters. The number of hydrogen-bond donors (Lipinski definition) is 1. The number of amides is 2. The van der Waals surface area contributed by atoms with Crippen LogP contribution in [0.15, 0.2) is 65.8 Å². The molecule has 2 N–H and O–H groups in total. The number of piperidine rings is 1. The number of nitrogens with two attached hydrogens (primary N) is 1. The van der Waals surface area contributed by atoms with Crippen LogP contribution in [0.3, 0.4) is 0 Å². The smallest absolute Gasteiger partial charge is 0.256 e. The summed E-state index contributed by atoms with van der Waals surface area (Å²) in [6.45, 7) is 1.32. The van der Waals surface area contributed by atoms with Crippen LogP contribution in [0.1, 0.15) is 17.5 Å². The Morgan fingerprint density at radius 3 is 2.45 bits per heavy atom. The van der Waals surface area contributed by atoms with Crippen molar-refractivity contribution >= 4 is 17.5 Å². The van der Waals surface area contributed by atoms with E-state index in [9.17, 15) is 9.59 Å². The minimum Gasteiger partial charge on any atom is -0.375 e. The van der Waals surface area contributed by atoms with E-state index in [1.807, 2.05) is 60.7 Å². The molecule has 1 fully saturated rings. The minimum atomic E-state index is -0.825. The molecule has 2 aromatic rings. The summed E-state index contributed by atoms with van der Waals surface area (Å²) in [5.74, 6) is -0.264. The van der Waals surface area contributed by atoms with Gasteiger partial charge in [0.2, 0.25) is 5.91 Å². The van der Waals surface area contributed by atoms with Gasteiger partial charge in [0.1, 0.15) is 11.5 Å². The van der Waals surface area contributed by atoms with Crippen molar-refractivity contribution in [2.45, 2.75) is 25.5 Å². The van der Waals surface area contributed by atoms with Crippen molar-refractivity contribution in [2.75, 3.05) is 26.7 Å². The zero-order valence-electron chi connectivity index (χ0n) is 17.7. The summed E-state index contributed by atoms with van der Waals surface area (Å²) in [6.07, 6.45) is 1.08. The van der Waals surface area contributed by atoms with Crippen LogP contribution in [0.25, 0.3) is 0 Å². The number of ether oxygens (including phenoxy) is 1. The van der Waals surface area contributed by atoms with E-state index in [-0.39, 0.29) is 25.0 Å². The van der Waals surface area contributed by atoms with E-state index in [1.54, 1.807) is 11.9 Å². The summed E-state index contributed by atoms with van der Waals surface area (Å²) >= 11 is 0. The Kier molecular flexibility index (Phi) is 6.15. The van der Waals surface area contributed by atoms with Crippen molar-refractivity contribution in [2.24, 2.45) is 16.3 Å². The minimum absolute atomic E-state index is 0.0715. The lowest BCUT2D eigenvalue weighted by atomic mass is 9.73. The van der Waals surface area contributed by atoms with Gasteiger partial charge < -0.3 is 15.4 Å². The van der Waals surface area contributed by atoms with Gasteiger partial charge in [0.15, 0.2) is 0 Å². The summed E-state index contributed by atoms with van der Waals surface area (Å²) in [5.41, 5.74) is 8.26. The molecular weight excluding hydrogens is 392 g/mol. The lowest BCUT2D eigenvalue weighted by Crippen LogP contribution is -2.58. The Bertz CT molecular complexity index is 963. The van der Waals surface area contributed by atoms with E-state index >= 15 is 0 Å². The standard InChI is InChI=1S/C24H28N4O3/c1-27-23(30)24(14-18-8-4-2-5-9-18)17-28(13-12-21(24)26-27)22(29)20(25)16-31-15-19-10-6-3-7-11-19/h2-11,20H,12-17,25H2,1H3. The molecule has 2 aliphatic rings. The Morgan fingerprint density at radius 1 is 1.13 bits per heavy atom. The fourth-order valence-corrected chi connectivity index (χ4v) is 4.40. The predicted octanol–water partition coefficient (Wildman–Crippen LogP) is 1.82. The maximum Gasteiger partial charge on any atom is 0.256 e. The average Bonchev–Trinajstić information content (AvgIpc) is 3.04. The van der Waals surface area contributed by atoms with Gasteiger partial charge in [0.25, 0.3) is 5.91 Å². The molecule has 4 rings (SSSR count). The van der Waals surface area contributed by atoms with Gasteiger partial charge in [-0.25, -0.2) is 5.01 Å². The first-order valence-electron chi connectivity index (χ1n) is 10.6. The highest BCUT2D eigenvalue weighted by Crippen LogP contribution is 2.38. The lowest BCUT2D eigenvalue weighted by molar-refractivity contribution is -0.141. The molecular formula is C24H28N4O3. The number of fused-ring (bicyclic) bond motifs is 1. The zero-order chi connectivity index (χ0) is 21.8. The van der Waals surface area contributed by atoms with Crippen molar-refractivity contribution in [3.63, 3.8) is 0 Å². The monoisotopic (exact) mass is 420 g/mol. The van der Waals surface area contributed by atoms with Gasteiger partial charge in [-0.1, -0.05) is 60.7 Å². The molecule has 162 valence electrons. The second kappa shape index (κ2) is 8.99. The first-order chi connectivity index (χ1) is 15.0. The molecule has 0 saturated carbocycles. The van der Waals surface area contributed by atoms with Crippen molar-refractivity contribution in [1.29, 1.82) is 0 Å². The maximum absolute atomic E-state index is 13.2. The van der Waals surface area contributed by atoms with Crippen molar-refractivity contribution in [3.8, 4) is 0 Å². The van der Waals surface area contributed by atoms with Crippen LogP contribution in [0.5, 0.6) is 0 Å². The number of carbonyl (C=O) groups excluding carboxylic acids is 2. The van der Waals surface area contributed by atoms with Gasteiger partial charge in [-0.2, -0.15) is 5.10 Å². The van der Waals surface area contributed by atoms with Crippen LogP contribution in [0, 0.1) is 5.41 Å². The Hall–Kier alpha value is -3.03. The van der Waals surface area contributed by atoms with Crippen LogP contribution in [0.2, 0.25) is 0 Å². The Labute approximate surface area is 182 Å². The van der Waals surface area contributed by atoms with E-state index < -0.39 is 11.5 Å². The van der Waals surface area contributed by atoms with Crippen LogP contribution in [0.4, 0.5) is 0 Å². The first-order valence-corrected chi connectivity index (χ1v) is 10.6.